The molecule has 0 aliphatic carbocycles. The normalized spacial score (nSPS) is 16.4. The van der Waals surface area contributed by atoms with Crippen molar-refractivity contribution in [1.82, 2.24) is 14.5 Å². The summed E-state index contributed by atoms with van der Waals surface area (Å²) in [4.78, 5) is 30.8. The summed E-state index contributed by atoms with van der Waals surface area (Å²) in [6.07, 6.45) is 0.795. The van der Waals surface area contributed by atoms with E-state index in [0.717, 1.165) is 23.0 Å². The molecule has 150 valence electrons. The van der Waals surface area contributed by atoms with E-state index in [1.807, 2.05) is 42.2 Å². The summed E-state index contributed by atoms with van der Waals surface area (Å²) in [5, 5.41) is 12.5. The largest absolute Gasteiger partial charge is 0.388 e. The third-order valence-corrected chi connectivity index (χ3v) is 5.42. The van der Waals surface area contributed by atoms with Crippen LogP contribution in [0.15, 0.2) is 42.5 Å². The minimum absolute atomic E-state index is 0.0610. The molecule has 7 heteroatoms. The molecule has 2 aromatic carbocycles. The Morgan fingerprint density at radius 3 is 2.79 bits per heavy atom. The van der Waals surface area contributed by atoms with Crippen LogP contribution in [0.1, 0.15) is 41.1 Å². The Labute approximate surface area is 169 Å². The molecule has 1 saturated heterocycles. The minimum Gasteiger partial charge on any atom is -0.388 e. The molecule has 4 rings (SSSR count). The van der Waals surface area contributed by atoms with Crippen molar-refractivity contribution in [3.8, 4) is 0 Å². The van der Waals surface area contributed by atoms with Gasteiger partial charge in [-0.15, -0.1) is 0 Å². The number of amides is 2. The van der Waals surface area contributed by atoms with Crippen molar-refractivity contribution in [3.05, 3.63) is 59.4 Å². The predicted molar refractivity (Wildman–Crippen MR) is 111 cm³/mol. The van der Waals surface area contributed by atoms with Gasteiger partial charge in [-0.05, 0) is 43.2 Å². The molecule has 1 aromatic heterocycles. The number of benzene rings is 2. The number of likely N-dealkylation sites (tertiary alicyclic amines) is 1. The van der Waals surface area contributed by atoms with E-state index in [4.69, 9.17) is 0 Å². The average molecular weight is 392 g/mol. The van der Waals surface area contributed by atoms with Gasteiger partial charge < -0.3 is 19.9 Å². The van der Waals surface area contributed by atoms with Gasteiger partial charge in [-0.25, -0.2) is 4.98 Å². The van der Waals surface area contributed by atoms with Crippen LogP contribution in [0.5, 0.6) is 0 Å². The third-order valence-electron chi connectivity index (χ3n) is 5.42. The maximum absolute atomic E-state index is 13.1. The zero-order valence-corrected chi connectivity index (χ0v) is 16.6. The van der Waals surface area contributed by atoms with Gasteiger partial charge in [0, 0.05) is 31.3 Å². The summed E-state index contributed by atoms with van der Waals surface area (Å²) in [6, 6.07) is 13.2. The Hall–Kier alpha value is -3.19. The number of fused-ring (bicyclic) bond motifs is 1. The number of aliphatic hydroxyl groups excluding tert-OH is 1. The van der Waals surface area contributed by atoms with Gasteiger partial charge in [0.1, 0.15) is 12.4 Å². The quantitative estimate of drug-likeness (QED) is 0.715. The van der Waals surface area contributed by atoms with Crippen LogP contribution in [0.2, 0.25) is 0 Å². The predicted octanol–water partition coefficient (Wildman–Crippen LogP) is 2.88. The molecule has 3 aromatic rings. The number of aryl methyl sites for hydroxylation is 1. The number of aromatic nitrogens is 2. The van der Waals surface area contributed by atoms with Gasteiger partial charge in [-0.1, -0.05) is 18.2 Å². The first kappa shape index (κ1) is 19.1. The fraction of sp³-hybridized carbons (Fsp3) is 0.318. The SMILES string of the molecule is CC(=O)Nc1cc(C(=O)N2CCC(n3c(CO)nc4ccccc43)C2)ccc1C. The molecular weight excluding hydrogens is 368 g/mol. The molecule has 1 atom stereocenters. The standard InChI is InChI=1S/C22H24N4O3/c1-14-7-8-16(11-19(14)23-15(2)28)22(29)25-10-9-17(12-25)26-20-6-4-3-5-18(20)24-21(26)13-27/h3-8,11,17,27H,9-10,12-13H2,1-2H3,(H,23,28). The third kappa shape index (κ3) is 3.61. The monoisotopic (exact) mass is 392 g/mol. The number of anilines is 1. The molecular formula is C22H24N4O3. The van der Waals surface area contributed by atoms with Gasteiger partial charge in [-0.3, -0.25) is 9.59 Å². The molecule has 2 N–H and O–H groups in total. The fourth-order valence-electron chi connectivity index (χ4n) is 4.01. The van der Waals surface area contributed by atoms with Crippen molar-refractivity contribution in [2.75, 3.05) is 18.4 Å². The second-order valence-corrected chi connectivity index (χ2v) is 7.45. The summed E-state index contributed by atoms with van der Waals surface area (Å²) >= 11 is 0. The van der Waals surface area contributed by atoms with Gasteiger partial charge in [0.2, 0.25) is 5.91 Å². The van der Waals surface area contributed by atoms with Crippen LogP contribution in [0.4, 0.5) is 5.69 Å². The van der Waals surface area contributed by atoms with E-state index in [9.17, 15) is 14.7 Å². The van der Waals surface area contributed by atoms with Crippen LogP contribution in [-0.4, -0.2) is 44.5 Å². The molecule has 0 bridgehead atoms. The van der Waals surface area contributed by atoms with Crippen LogP contribution >= 0.6 is 0 Å². The number of carbonyl (C=O) groups excluding carboxylic acids is 2. The van der Waals surface area contributed by atoms with Crippen LogP contribution in [-0.2, 0) is 11.4 Å². The Balaban J connectivity index is 1.58. The van der Waals surface area contributed by atoms with Gasteiger partial charge in [0.25, 0.3) is 5.91 Å². The van der Waals surface area contributed by atoms with E-state index in [-0.39, 0.29) is 24.5 Å². The van der Waals surface area contributed by atoms with Gasteiger partial charge >= 0.3 is 0 Å². The number of nitrogens with one attached hydrogen (secondary N) is 1. The van der Waals surface area contributed by atoms with E-state index in [1.54, 1.807) is 12.1 Å². The smallest absolute Gasteiger partial charge is 0.254 e. The van der Waals surface area contributed by atoms with Crippen molar-refractivity contribution in [2.24, 2.45) is 0 Å². The highest BCUT2D eigenvalue weighted by molar-refractivity contribution is 5.97. The first-order valence-corrected chi connectivity index (χ1v) is 9.72. The van der Waals surface area contributed by atoms with Crippen molar-refractivity contribution < 1.29 is 14.7 Å². The Kier molecular flexibility index (Phi) is 5.07. The van der Waals surface area contributed by atoms with Crippen LogP contribution in [0.3, 0.4) is 0 Å². The van der Waals surface area contributed by atoms with Gasteiger partial charge in [0.15, 0.2) is 0 Å². The second-order valence-electron chi connectivity index (χ2n) is 7.45. The summed E-state index contributed by atoms with van der Waals surface area (Å²) in [6.45, 7) is 4.39. The van der Waals surface area contributed by atoms with E-state index in [2.05, 4.69) is 14.9 Å². The molecule has 0 saturated carbocycles. The zero-order valence-electron chi connectivity index (χ0n) is 16.6. The number of para-hydroxylation sites is 2. The zero-order chi connectivity index (χ0) is 20.5. The molecule has 7 nitrogen and oxygen atoms in total. The van der Waals surface area contributed by atoms with Crippen LogP contribution < -0.4 is 5.32 Å². The van der Waals surface area contributed by atoms with Gasteiger partial charge in [-0.2, -0.15) is 0 Å². The summed E-state index contributed by atoms with van der Waals surface area (Å²) < 4.78 is 2.06. The first-order chi connectivity index (χ1) is 14.0. The maximum atomic E-state index is 13.1. The van der Waals surface area contributed by atoms with Crippen LogP contribution in [0.25, 0.3) is 11.0 Å². The number of hydrogen-bond acceptors (Lipinski definition) is 4. The second kappa shape index (κ2) is 7.67. The highest BCUT2D eigenvalue weighted by atomic mass is 16.3. The number of hydrogen-bond donors (Lipinski definition) is 2. The number of aliphatic hydroxyl groups is 1. The highest BCUT2D eigenvalue weighted by Gasteiger charge is 2.30. The van der Waals surface area contributed by atoms with E-state index >= 15 is 0 Å². The Bertz CT molecular complexity index is 1090. The van der Waals surface area contributed by atoms with Crippen LogP contribution in [0, 0.1) is 6.92 Å². The fourth-order valence-corrected chi connectivity index (χ4v) is 4.01. The van der Waals surface area contributed by atoms with Crippen molar-refractivity contribution in [2.45, 2.75) is 32.9 Å². The molecule has 29 heavy (non-hydrogen) atoms. The lowest BCUT2D eigenvalue weighted by Crippen LogP contribution is -2.29. The topological polar surface area (TPSA) is 87.5 Å². The molecule has 1 aliphatic heterocycles. The summed E-state index contributed by atoms with van der Waals surface area (Å²) in [5.41, 5.74) is 3.94. The number of carbonyl (C=O) groups is 2. The lowest BCUT2D eigenvalue weighted by Gasteiger charge is -2.19. The van der Waals surface area contributed by atoms with Crippen molar-refractivity contribution in [3.63, 3.8) is 0 Å². The van der Waals surface area contributed by atoms with E-state index < -0.39 is 0 Å². The van der Waals surface area contributed by atoms with E-state index in [0.29, 0.717) is 30.2 Å². The van der Waals surface area contributed by atoms with Gasteiger partial charge in [0.05, 0.1) is 17.1 Å². The molecule has 0 spiro atoms. The number of nitrogens with zero attached hydrogens (tertiary/aromatic N) is 3. The summed E-state index contributed by atoms with van der Waals surface area (Å²) in [5.74, 6) is 0.394. The molecule has 1 unspecified atom stereocenters. The average Bonchev–Trinajstić information content (AvgIpc) is 3.32. The summed E-state index contributed by atoms with van der Waals surface area (Å²) in [7, 11) is 0. The molecule has 1 aliphatic rings. The molecule has 1 fully saturated rings. The minimum atomic E-state index is -0.164. The molecule has 2 heterocycles. The first-order valence-electron chi connectivity index (χ1n) is 9.72. The van der Waals surface area contributed by atoms with Crippen molar-refractivity contribution in [1.29, 1.82) is 0 Å². The lowest BCUT2D eigenvalue weighted by molar-refractivity contribution is -0.114. The number of imidazole rings is 1. The maximum Gasteiger partial charge on any atom is 0.254 e. The number of rotatable bonds is 4. The Morgan fingerprint density at radius 2 is 2.03 bits per heavy atom. The molecule has 2 amide bonds. The highest BCUT2D eigenvalue weighted by Crippen LogP contribution is 2.29. The Morgan fingerprint density at radius 1 is 1.24 bits per heavy atom. The van der Waals surface area contributed by atoms with Crippen molar-refractivity contribution >= 4 is 28.5 Å². The van der Waals surface area contributed by atoms with E-state index in [1.165, 1.54) is 6.92 Å². The molecule has 0 radical (unpaired) electrons. The lowest BCUT2D eigenvalue weighted by atomic mass is 10.1.